The van der Waals surface area contributed by atoms with Gasteiger partial charge < -0.3 is 25.2 Å². The smallest absolute Gasteiger partial charge is 0.319 e. The second kappa shape index (κ2) is 14.9. The number of carbonyl (C=O) groups excluding carboxylic acids is 1. The van der Waals surface area contributed by atoms with Crippen LogP contribution in [0.4, 0.5) is 10.5 Å². The lowest BCUT2D eigenvalue weighted by atomic mass is 9.89. The Morgan fingerprint density at radius 2 is 1.55 bits per heavy atom. The van der Waals surface area contributed by atoms with Gasteiger partial charge in [-0.25, -0.2) is 4.79 Å². The molecule has 1 heterocycles. The van der Waals surface area contributed by atoms with E-state index >= 15 is 0 Å². The van der Waals surface area contributed by atoms with Crippen molar-refractivity contribution < 1.29 is 19.4 Å². The summed E-state index contributed by atoms with van der Waals surface area (Å²) in [5, 5.41) is 17.9. The molecule has 0 aliphatic carbocycles. The maximum absolute atomic E-state index is 12.7. The number of aliphatic hydroxyl groups excluding tert-OH is 1. The maximum atomic E-state index is 12.7. The number of hydrogen-bond acceptors (Lipinski definition) is 5. The molecular formula is C40H43N3O4. The zero-order chi connectivity index (χ0) is 32.8. The summed E-state index contributed by atoms with van der Waals surface area (Å²) in [7, 11) is 2.14. The van der Waals surface area contributed by atoms with Gasteiger partial charge in [0.1, 0.15) is 0 Å². The Hall–Kier alpha value is -4.53. The molecule has 0 aromatic heterocycles. The van der Waals surface area contributed by atoms with Gasteiger partial charge in [-0.3, -0.25) is 4.90 Å². The van der Waals surface area contributed by atoms with Crippen molar-refractivity contribution in [1.29, 1.82) is 0 Å². The zero-order valence-electron chi connectivity index (χ0n) is 27.2. The molecule has 1 aliphatic rings. The minimum Gasteiger partial charge on any atom is -0.392 e. The summed E-state index contributed by atoms with van der Waals surface area (Å²) in [5.74, 6) is 0.0440. The van der Waals surface area contributed by atoms with E-state index in [1.54, 1.807) is 0 Å². The number of aliphatic hydroxyl groups is 1. The van der Waals surface area contributed by atoms with Gasteiger partial charge in [0.2, 0.25) is 0 Å². The van der Waals surface area contributed by atoms with Crippen molar-refractivity contribution in [3.63, 3.8) is 0 Å². The summed E-state index contributed by atoms with van der Waals surface area (Å²) in [6.45, 7) is 5.53. The number of amides is 2. The Bertz CT molecular complexity index is 1780. The molecule has 1 saturated heterocycles. The van der Waals surface area contributed by atoms with E-state index in [9.17, 15) is 9.90 Å². The third-order valence-corrected chi connectivity index (χ3v) is 9.22. The number of rotatable bonds is 10. The number of fused-ring (bicyclic) bond motifs is 1. The SMILES string of the molecule is C[C@H]1[C@@H](CN(C)[C@H](C)c2ccc3ccccc3c2)O[C@@H](c2cccc(NC(=O)NCc3ccccc3)c2)O[C@H]1c1ccc(CO)cc1. The molecule has 0 radical (unpaired) electrons. The fraction of sp³-hybridized carbons (Fsp3) is 0.275. The van der Waals surface area contributed by atoms with Crippen molar-refractivity contribution in [2.75, 3.05) is 18.9 Å². The number of anilines is 1. The largest absolute Gasteiger partial charge is 0.392 e. The van der Waals surface area contributed by atoms with Gasteiger partial charge in [-0.05, 0) is 65.2 Å². The molecule has 6 rings (SSSR count). The van der Waals surface area contributed by atoms with Crippen molar-refractivity contribution in [3.8, 4) is 0 Å². The Balaban J connectivity index is 1.20. The maximum Gasteiger partial charge on any atom is 0.319 e. The predicted octanol–water partition coefficient (Wildman–Crippen LogP) is 8.14. The summed E-state index contributed by atoms with van der Waals surface area (Å²) in [6, 6.07) is 40.4. The molecule has 0 bridgehead atoms. The van der Waals surface area contributed by atoms with E-state index in [0.717, 1.165) is 22.3 Å². The molecule has 47 heavy (non-hydrogen) atoms. The summed E-state index contributed by atoms with van der Waals surface area (Å²) >= 11 is 0. The number of carbonyl (C=O) groups is 1. The van der Waals surface area contributed by atoms with Gasteiger partial charge in [-0.15, -0.1) is 0 Å². The van der Waals surface area contributed by atoms with E-state index in [-0.39, 0.29) is 36.8 Å². The van der Waals surface area contributed by atoms with Crippen LogP contribution in [0.25, 0.3) is 10.8 Å². The molecule has 2 amide bonds. The van der Waals surface area contributed by atoms with E-state index in [1.807, 2.05) is 78.9 Å². The summed E-state index contributed by atoms with van der Waals surface area (Å²) in [4.78, 5) is 15.1. The van der Waals surface area contributed by atoms with Gasteiger partial charge in [0.15, 0.2) is 6.29 Å². The highest BCUT2D eigenvalue weighted by Gasteiger charge is 2.39. The quantitative estimate of drug-likeness (QED) is 0.145. The van der Waals surface area contributed by atoms with Crippen LogP contribution in [0.3, 0.4) is 0 Å². The molecule has 0 spiro atoms. The second-order valence-electron chi connectivity index (χ2n) is 12.5. The van der Waals surface area contributed by atoms with Gasteiger partial charge >= 0.3 is 6.03 Å². The van der Waals surface area contributed by atoms with Crippen molar-refractivity contribution in [2.24, 2.45) is 5.92 Å². The third-order valence-electron chi connectivity index (χ3n) is 9.22. The minimum atomic E-state index is -0.641. The highest BCUT2D eigenvalue weighted by atomic mass is 16.7. The fourth-order valence-electron chi connectivity index (χ4n) is 6.21. The Morgan fingerprint density at radius 3 is 2.32 bits per heavy atom. The average molecular weight is 630 g/mol. The van der Waals surface area contributed by atoms with Crippen LogP contribution in [0.2, 0.25) is 0 Å². The Morgan fingerprint density at radius 1 is 0.809 bits per heavy atom. The van der Waals surface area contributed by atoms with E-state index in [4.69, 9.17) is 9.47 Å². The van der Waals surface area contributed by atoms with Crippen LogP contribution in [0.1, 0.15) is 60.1 Å². The number of benzene rings is 5. The molecule has 7 heteroatoms. The summed E-state index contributed by atoms with van der Waals surface area (Å²) in [6.07, 6.45) is -1.02. The van der Waals surface area contributed by atoms with Gasteiger partial charge in [0.25, 0.3) is 0 Å². The van der Waals surface area contributed by atoms with Crippen LogP contribution in [-0.2, 0) is 22.6 Å². The molecule has 5 atom stereocenters. The molecule has 7 nitrogen and oxygen atoms in total. The molecule has 1 fully saturated rings. The van der Waals surface area contributed by atoms with Crippen molar-refractivity contribution in [1.82, 2.24) is 10.2 Å². The molecule has 1 aliphatic heterocycles. The van der Waals surface area contributed by atoms with E-state index in [1.165, 1.54) is 16.3 Å². The zero-order valence-corrected chi connectivity index (χ0v) is 27.2. The van der Waals surface area contributed by atoms with Crippen molar-refractivity contribution in [3.05, 3.63) is 149 Å². The lowest BCUT2D eigenvalue weighted by Gasteiger charge is -2.43. The van der Waals surface area contributed by atoms with Crippen LogP contribution in [0, 0.1) is 5.92 Å². The van der Waals surface area contributed by atoms with Gasteiger partial charge in [0, 0.05) is 36.3 Å². The standard InChI is InChI=1S/C40H43N3O4/c1-27-37(25-43(3)28(2)33-21-20-31-12-7-8-13-34(31)22-33)46-39(47-38(27)32-18-16-30(26-44)17-19-32)35-14-9-15-36(23-35)42-40(45)41-24-29-10-5-4-6-11-29/h4-23,27-28,37-39,44H,24-26H2,1-3H3,(H2,41,42,45)/t27-,28+,37+,38+,39+/m0/s1. The van der Waals surface area contributed by atoms with Gasteiger partial charge in [0.05, 0.1) is 18.8 Å². The number of nitrogens with zero attached hydrogens (tertiary/aromatic N) is 1. The van der Waals surface area contributed by atoms with Crippen LogP contribution in [0.5, 0.6) is 0 Å². The van der Waals surface area contributed by atoms with Crippen molar-refractivity contribution >= 4 is 22.5 Å². The topological polar surface area (TPSA) is 83.1 Å². The molecule has 0 saturated carbocycles. The molecule has 0 unspecified atom stereocenters. The van der Waals surface area contributed by atoms with Crippen LogP contribution in [-0.4, -0.2) is 35.7 Å². The van der Waals surface area contributed by atoms with Gasteiger partial charge in [-0.1, -0.05) is 110 Å². The molecule has 5 aromatic rings. The summed E-state index contributed by atoms with van der Waals surface area (Å²) in [5.41, 5.74) is 5.65. The number of urea groups is 1. The van der Waals surface area contributed by atoms with Crippen LogP contribution < -0.4 is 10.6 Å². The first-order valence-corrected chi connectivity index (χ1v) is 16.3. The first-order chi connectivity index (χ1) is 22.9. The molecule has 242 valence electrons. The van der Waals surface area contributed by atoms with E-state index in [2.05, 4.69) is 78.9 Å². The van der Waals surface area contributed by atoms with Gasteiger partial charge in [-0.2, -0.15) is 0 Å². The van der Waals surface area contributed by atoms with Crippen LogP contribution >= 0.6 is 0 Å². The number of nitrogens with one attached hydrogen (secondary N) is 2. The molecule has 5 aromatic carbocycles. The highest BCUT2D eigenvalue weighted by molar-refractivity contribution is 5.89. The van der Waals surface area contributed by atoms with E-state index in [0.29, 0.717) is 18.8 Å². The number of hydrogen-bond donors (Lipinski definition) is 3. The normalized spacial score (nSPS) is 20.2. The third kappa shape index (κ3) is 7.89. The minimum absolute atomic E-state index is 0.00804. The Labute approximate surface area is 277 Å². The number of likely N-dealkylation sites (N-methyl/N-ethyl adjacent to an activating group) is 1. The predicted molar refractivity (Wildman–Crippen MR) is 187 cm³/mol. The lowest BCUT2D eigenvalue weighted by Crippen LogP contribution is -2.44. The van der Waals surface area contributed by atoms with E-state index < -0.39 is 6.29 Å². The fourth-order valence-corrected chi connectivity index (χ4v) is 6.21. The monoisotopic (exact) mass is 629 g/mol. The lowest BCUT2D eigenvalue weighted by molar-refractivity contribution is -0.276. The Kier molecular flexibility index (Phi) is 10.3. The number of ether oxygens (including phenoxy) is 2. The highest BCUT2D eigenvalue weighted by Crippen LogP contribution is 2.42. The molecular weight excluding hydrogens is 586 g/mol. The first-order valence-electron chi connectivity index (χ1n) is 16.3. The second-order valence-corrected chi connectivity index (χ2v) is 12.5. The molecule has 3 N–H and O–H groups in total. The first kappa shape index (κ1) is 32.4. The average Bonchev–Trinajstić information content (AvgIpc) is 3.11. The summed E-state index contributed by atoms with van der Waals surface area (Å²) < 4.78 is 13.4. The van der Waals surface area contributed by atoms with Crippen molar-refractivity contribution in [2.45, 2.75) is 51.5 Å². The van der Waals surface area contributed by atoms with Crippen LogP contribution in [0.15, 0.2) is 121 Å².